The summed E-state index contributed by atoms with van der Waals surface area (Å²) in [5.41, 5.74) is 2.85. The van der Waals surface area contributed by atoms with Crippen LogP contribution in [0.1, 0.15) is 80.9 Å². The molecule has 1 aliphatic rings. The third-order valence-corrected chi connectivity index (χ3v) is 5.57. The van der Waals surface area contributed by atoms with Crippen LogP contribution < -0.4 is 15.4 Å². The largest absolute Gasteiger partial charge is 0.487 e. The molecule has 2 aromatic rings. The molecular weight excluding hydrogens is 406 g/mol. The molecule has 6 heteroatoms. The van der Waals surface area contributed by atoms with Gasteiger partial charge in [-0.05, 0) is 73.1 Å². The first-order valence-corrected chi connectivity index (χ1v) is 10.7. The van der Waals surface area contributed by atoms with Gasteiger partial charge in [-0.25, -0.2) is 9.59 Å². The molecule has 2 aromatic carbocycles. The number of hydrogen-bond donors (Lipinski definition) is 1. The van der Waals surface area contributed by atoms with E-state index in [1.54, 1.807) is 30.3 Å². The first-order valence-electron chi connectivity index (χ1n) is 10.7. The molecule has 0 amide bonds. The number of hydrogen-bond acceptors (Lipinski definition) is 6. The number of fused-ring (bicyclic) bond motifs is 1. The van der Waals surface area contributed by atoms with Gasteiger partial charge < -0.3 is 14.3 Å². The van der Waals surface area contributed by atoms with Gasteiger partial charge >= 0.3 is 11.9 Å². The van der Waals surface area contributed by atoms with Crippen LogP contribution in [-0.2, 0) is 15.0 Å². The maximum atomic E-state index is 13.0. The number of ether oxygens (including phenoxy) is 2. The first kappa shape index (κ1) is 23.5. The standard InChI is InChI=1S/C26H31NO5/c1-16(2)20-13-18(14-21-23(20)31-26(5,6)15-25(21,3)4)24(29)30-19-10-7-17(8-11-19)9-12-22(28)32-27/h7-14,16H,15,27H2,1-6H3/b12-9+. The van der Waals surface area contributed by atoms with Crippen molar-refractivity contribution in [2.24, 2.45) is 5.90 Å². The van der Waals surface area contributed by atoms with E-state index in [9.17, 15) is 9.59 Å². The summed E-state index contributed by atoms with van der Waals surface area (Å²) in [5.74, 6) is 5.21. The lowest BCUT2D eigenvalue weighted by Crippen LogP contribution is -2.42. The minimum atomic E-state index is -0.649. The Balaban J connectivity index is 1.89. The zero-order valence-electron chi connectivity index (χ0n) is 19.5. The Bertz CT molecular complexity index is 1050. The van der Waals surface area contributed by atoms with Crippen molar-refractivity contribution in [1.29, 1.82) is 0 Å². The molecule has 170 valence electrons. The minimum absolute atomic E-state index is 0.143. The summed E-state index contributed by atoms with van der Waals surface area (Å²) in [5, 5.41) is 0. The topological polar surface area (TPSA) is 87.9 Å². The molecule has 1 aliphatic heterocycles. The van der Waals surface area contributed by atoms with Crippen molar-refractivity contribution < 1.29 is 23.9 Å². The number of benzene rings is 2. The monoisotopic (exact) mass is 437 g/mol. The second kappa shape index (κ2) is 8.79. The van der Waals surface area contributed by atoms with Gasteiger partial charge in [0.05, 0.1) is 5.56 Å². The normalized spacial score (nSPS) is 16.4. The molecule has 32 heavy (non-hydrogen) atoms. The summed E-state index contributed by atoms with van der Waals surface area (Å²) in [6, 6.07) is 10.6. The van der Waals surface area contributed by atoms with Crippen LogP contribution in [0.5, 0.6) is 11.5 Å². The Morgan fingerprint density at radius 1 is 1.09 bits per heavy atom. The smallest absolute Gasteiger partial charge is 0.349 e. The van der Waals surface area contributed by atoms with Crippen LogP contribution >= 0.6 is 0 Å². The Hall–Kier alpha value is -3.12. The van der Waals surface area contributed by atoms with Crippen LogP contribution in [0, 0.1) is 0 Å². The Morgan fingerprint density at radius 2 is 1.75 bits per heavy atom. The van der Waals surface area contributed by atoms with Crippen molar-refractivity contribution in [1.82, 2.24) is 0 Å². The summed E-state index contributed by atoms with van der Waals surface area (Å²) in [6.45, 7) is 12.7. The fourth-order valence-electron chi connectivity index (χ4n) is 4.30. The Morgan fingerprint density at radius 3 is 2.34 bits per heavy atom. The predicted octanol–water partition coefficient (Wildman–Crippen LogP) is 5.30. The third kappa shape index (κ3) is 5.19. The first-order chi connectivity index (χ1) is 14.9. The van der Waals surface area contributed by atoms with Gasteiger partial charge in [0.2, 0.25) is 0 Å². The van der Waals surface area contributed by atoms with Gasteiger partial charge in [0.1, 0.15) is 17.1 Å². The van der Waals surface area contributed by atoms with Crippen molar-refractivity contribution in [3.05, 3.63) is 64.7 Å². The van der Waals surface area contributed by atoms with Gasteiger partial charge in [0.25, 0.3) is 0 Å². The molecule has 0 radical (unpaired) electrons. The van der Waals surface area contributed by atoms with Gasteiger partial charge in [-0.15, -0.1) is 0 Å². The fourth-order valence-corrected chi connectivity index (χ4v) is 4.30. The molecule has 1 heterocycles. The molecule has 3 rings (SSSR count). The van der Waals surface area contributed by atoms with E-state index in [1.807, 2.05) is 12.1 Å². The maximum Gasteiger partial charge on any atom is 0.349 e. The second-order valence-corrected chi connectivity index (χ2v) is 9.75. The summed E-state index contributed by atoms with van der Waals surface area (Å²) >= 11 is 0. The molecule has 0 unspecified atom stereocenters. The SMILES string of the molecule is CC(C)c1cc(C(=O)Oc2ccc(/C=C/C(=O)ON)cc2)cc2c1OC(C)(C)CC2(C)C. The highest BCUT2D eigenvalue weighted by Gasteiger charge is 2.41. The minimum Gasteiger partial charge on any atom is -0.487 e. The molecular formula is C26H31NO5. The lowest BCUT2D eigenvalue weighted by Gasteiger charge is -2.43. The van der Waals surface area contributed by atoms with Crippen LogP contribution in [0.2, 0.25) is 0 Å². The molecule has 0 aliphatic carbocycles. The van der Waals surface area contributed by atoms with Gasteiger partial charge in [-0.2, -0.15) is 5.90 Å². The van der Waals surface area contributed by atoms with E-state index in [2.05, 4.69) is 46.4 Å². The number of rotatable bonds is 5. The summed E-state index contributed by atoms with van der Waals surface area (Å²) in [6.07, 6.45) is 3.62. The average Bonchev–Trinajstić information content (AvgIpc) is 2.70. The molecule has 0 aromatic heterocycles. The van der Waals surface area contributed by atoms with Crippen molar-refractivity contribution in [2.75, 3.05) is 0 Å². The van der Waals surface area contributed by atoms with Crippen molar-refractivity contribution in [3.63, 3.8) is 0 Å². The van der Waals surface area contributed by atoms with Crippen molar-refractivity contribution >= 4 is 18.0 Å². The van der Waals surface area contributed by atoms with E-state index < -0.39 is 11.9 Å². The highest BCUT2D eigenvalue weighted by molar-refractivity contribution is 5.92. The van der Waals surface area contributed by atoms with Crippen LogP contribution in [-0.4, -0.2) is 17.5 Å². The van der Waals surface area contributed by atoms with Gasteiger partial charge in [0.15, 0.2) is 0 Å². The van der Waals surface area contributed by atoms with E-state index in [0.29, 0.717) is 11.3 Å². The fraction of sp³-hybridized carbons (Fsp3) is 0.385. The van der Waals surface area contributed by atoms with Crippen molar-refractivity contribution in [3.8, 4) is 11.5 Å². The van der Waals surface area contributed by atoms with E-state index in [-0.39, 0.29) is 16.9 Å². The van der Waals surface area contributed by atoms with Gasteiger partial charge in [-0.3, -0.25) is 0 Å². The quantitative estimate of drug-likeness (QED) is 0.296. The molecule has 2 N–H and O–H groups in total. The highest BCUT2D eigenvalue weighted by atomic mass is 16.7. The summed E-state index contributed by atoms with van der Waals surface area (Å²) in [7, 11) is 0. The van der Waals surface area contributed by atoms with E-state index >= 15 is 0 Å². The number of nitrogens with two attached hydrogens (primary N) is 1. The van der Waals surface area contributed by atoms with Crippen LogP contribution in [0.3, 0.4) is 0 Å². The number of esters is 1. The molecule has 0 atom stereocenters. The molecule has 0 spiro atoms. The van der Waals surface area contributed by atoms with E-state index in [4.69, 9.17) is 15.4 Å². The van der Waals surface area contributed by atoms with Crippen LogP contribution in [0.25, 0.3) is 6.08 Å². The molecule has 0 saturated heterocycles. The Kier molecular flexibility index (Phi) is 6.46. The van der Waals surface area contributed by atoms with E-state index in [1.165, 1.54) is 6.08 Å². The molecule has 0 fully saturated rings. The highest BCUT2D eigenvalue weighted by Crippen LogP contribution is 2.48. The zero-order chi connectivity index (χ0) is 23.7. The Labute approximate surface area is 189 Å². The van der Waals surface area contributed by atoms with Crippen molar-refractivity contribution in [2.45, 2.75) is 64.9 Å². The zero-order valence-corrected chi connectivity index (χ0v) is 19.5. The summed E-state index contributed by atoms with van der Waals surface area (Å²) < 4.78 is 12.0. The van der Waals surface area contributed by atoms with Gasteiger partial charge in [-0.1, -0.05) is 39.8 Å². The maximum absolute atomic E-state index is 13.0. The van der Waals surface area contributed by atoms with Gasteiger partial charge in [0, 0.05) is 11.6 Å². The second-order valence-electron chi connectivity index (χ2n) is 9.75. The lowest BCUT2D eigenvalue weighted by atomic mass is 9.72. The molecule has 0 bridgehead atoms. The third-order valence-electron chi connectivity index (χ3n) is 5.57. The average molecular weight is 438 g/mol. The van der Waals surface area contributed by atoms with Crippen LogP contribution in [0.4, 0.5) is 0 Å². The lowest BCUT2D eigenvalue weighted by molar-refractivity contribution is -0.138. The molecule has 6 nitrogen and oxygen atoms in total. The predicted molar refractivity (Wildman–Crippen MR) is 124 cm³/mol. The van der Waals surface area contributed by atoms with Crippen LogP contribution in [0.15, 0.2) is 42.5 Å². The number of carbonyl (C=O) groups excluding carboxylic acids is 2. The summed E-state index contributed by atoms with van der Waals surface area (Å²) in [4.78, 5) is 28.2. The number of carbonyl (C=O) groups is 2. The van der Waals surface area contributed by atoms with E-state index in [0.717, 1.165) is 28.9 Å². The molecule has 0 saturated carbocycles.